The van der Waals surface area contributed by atoms with E-state index in [9.17, 15) is 0 Å². The summed E-state index contributed by atoms with van der Waals surface area (Å²) in [4.78, 5) is 2.15. The third kappa shape index (κ3) is 4.21. The zero-order chi connectivity index (χ0) is 15.4. The fourth-order valence-electron chi connectivity index (χ4n) is 3.43. The van der Waals surface area contributed by atoms with E-state index in [1.165, 1.54) is 32.1 Å². The van der Waals surface area contributed by atoms with Crippen LogP contribution in [0.5, 0.6) is 0 Å². The Kier molecular flexibility index (Phi) is 6.08. The van der Waals surface area contributed by atoms with E-state index >= 15 is 0 Å². The maximum atomic E-state index is 6.58. The van der Waals surface area contributed by atoms with Gasteiger partial charge >= 0.3 is 0 Å². The molecule has 0 radical (unpaired) electrons. The van der Waals surface area contributed by atoms with E-state index in [0.717, 1.165) is 29.7 Å². The average molecular weight is 313 g/mol. The molecule has 1 aliphatic carbocycles. The first-order chi connectivity index (χ1) is 10.0. The Morgan fingerprint density at radius 3 is 2.90 bits per heavy atom. The summed E-state index contributed by atoms with van der Waals surface area (Å²) in [5.74, 6) is 1.36. The average Bonchev–Trinajstić information content (AvgIpc) is 2.85. The number of nitrogens with two attached hydrogens (primary N) is 1. The van der Waals surface area contributed by atoms with Gasteiger partial charge in [-0.25, -0.2) is 0 Å². The van der Waals surface area contributed by atoms with Gasteiger partial charge in [-0.1, -0.05) is 37.8 Å². The molecule has 3 atom stereocenters. The van der Waals surface area contributed by atoms with E-state index in [1.807, 2.05) is 4.68 Å². The molecule has 0 amide bonds. The van der Waals surface area contributed by atoms with Crippen LogP contribution in [0.1, 0.15) is 50.8 Å². The van der Waals surface area contributed by atoms with Gasteiger partial charge in [0.1, 0.15) is 0 Å². The van der Waals surface area contributed by atoms with Crippen molar-refractivity contribution in [2.75, 3.05) is 20.6 Å². The Bertz CT molecular complexity index is 443. The molecule has 0 aromatic carbocycles. The van der Waals surface area contributed by atoms with E-state index in [0.29, 0.717) is 5.92 Å². The van der Waals surface area contributed by atoms with Crippen LogP contribution >= 0.6 is 11.6 Å². The SMILES string of the molecule is CCC1CCCC(C(N)c2c(Cl)cnn2CCN(C)C)C1. The number of likely N-dealkylation sites (N-methyl/N-ethyl adjacent to an activating group) is 1. The zero-order valence-electron chi connectivity index (χ0n) is 13.6. The molecule has 0 aliphatic heterocycles. The smallest absolute Gasteiger partial charge is 0.0834 e. The maximum Gasteiger partial charge on any atom is 0.0834 e. The van der Waals surface area contributed by atoms with Crippen LogP contribution in [0.4, 0.5) is 0 Å². The molecule has 2 rings (SSSR count). The van der Waals surface area contributed by atoms with Crippen molar-refractivity contribution in [2.24, 2.45) is 17.6 Å². The van der Waals surface area contributed by atoms with Crippen molar-refractivity contribution in [2.45, 2.75) is 51.6 Å². The highest BCUT2D eigenvalue weighted by molar-refractivity contribution is 6.31. The van der Waals surface area contributed by atoms with E-state index in [2.05, 4.69) is 31.0 Å². The lowest BCUT2D eigenvalue weighted by molar-refractivity contribution is 0.224. The van der Waals surface area contributed by atoms with Gasteiger partial charge in [0.2, 0.25) is 0 Å². The van der Waals surface area contributed by atoms with Gasteiger partial charge in [-0.3, -0.25) is 4.68 Å². The molecule has 1 saturated carbocycles. The van der Waals surface area contributed by atoms with Gasteiger partial charge in [-0.05, 0) is 38.8 Å². The highest BCUT2D eigenvalue weighted by Gasteiger charge is 2.29. The Labute approximate surface area is 133 Å². The minimum Gasteiger partial charge on any atom is -0.322 e. The molecule has 1 aliphatic rings. The van der Waals surface area contributed by atoms with Crippen molar-refractivity contribution in [1.29, 1.82) is 0 Å². The van der Waals surface area contributed by atoms with E-state index in [4.69, 9.17) is 17.3 Å². The lowest BCUT2D eigenvalue weighted by Gasteiger charge is -2.33. The van der Waals surface area contributed by atoms with Crippen LogP contribution in [0.3, 0.4) is 0 Å². The van der Waals surface area contributed by atoms with E-state index < -0.39 is 0 Å². The number of aromatic nitrogens is 2. The first-order valence-electron chi connectivity index (χ1n) is 8.14. The van der Waals surface area contributed by atoms with Crippen LogP contribution < -0.4 is 5.73 Å². The number of hydrogen-bond acceptors (Lipinski definition) is 3. The lowest BCUT2D eigenvalue weighted by Crippen LogP contribution is -2.30. The molecule has 21 heavy (non-hydrogen) atoms. The molecule has 2 N–H and O–H groups in total. The second-order valence-corrected chi connectivity index (χ2v) is 7.04. The van der Waals surface area contributed by atoms with Crippen LogP contribution in [0.25, 0.3) is 0 Å². The van der Waals surface area contributed by atoms with Gasteiger partial charge in [0.05, 0.1) is 29.5 Å². The molecule has 1 aromatic rings. The molecule has 0 bridgehead atoms. The maximum absolute atomic E-state index is 6.58. The van der Waals surface area contributed by atoms with Crippen LogP contribution in [0.2, 0.25) is 5.02 Å². The summed E-state index contributed by atoms with van der Waals surface area (Å²) in [7, 11) is 4.13. The Hall–Kier alpha value is -0.580. The summed E-state index contributed by atoms with van der Waals surface area (Å²) in [5.41, 5.74) is 7.61. The third-order valence-corrected chi connectivity index (χ3v) is 5.11. The van der Waals surface area contributed by atoms with Crippen LogP contribution in [0.15, 0.2) is 6.20 Å². The predicted molar refractivity (Wildman–Crippen MR) is 88.5 cm³/mol. The van der Waals surface area contributed by atoms with Gasteiger partial charge in [0, 0.05) is 6.54 Å². The molecule has 0 spiro atoms. The Morgan fingerprint density at radius 1 is 1.48 bits per heavy atom. The fraction of sp³-hybridized carbons (Fsp3) is 0.812. The largest absolute Gasteiger partial charge is 0.322 e. The molecule has 1 fully saturated rings. The van der Waals surface area contributed by atoms with Gasteiger partial charge in [0.25, 0.3) is 0 Å². The summed E-state index contributed by atoms with van der Waals surface area (Å²) in [5, 5.41) is 5.14. The predicted octanol–water partition coefficient (Wildman–Crippen LogP) is 3.31. The Balaban J connectivity index is 2.10. The quantitative estimate of drug-likeness (QED) is 0.876. The molecule has 120 valence electrons. The monoisotopic (exact) mass is 312 g/mol. The highest BCUT2D eigenvalue weighted by atomic mass is 35.5. The molecule has 5 heteroatoms. The summed E-state index contributed by atoms with van der Waals surface area (Å²) in [6, 6.07) is 0.0107. The summed E-state index contributed by atoms with van der Waals surface area (Å²) in [6.45, 7) is 4.07. The topological polar surface area (TPSA) is 47.1 Å². The summed E-state index contributed by atoms with van der Waals surface area (Å²) >= 11 is 6.37. The van der Waals surface area contributed by atoms with Gasteiger partial charge in [-0.15, -0.1) is 0 Å². The first-order valence-corrected chi connectivity index (χ1v) is 8.52. The molecular weight excluding hydrogens is 284 g/mol. The molecule has 1 heterocycles. The van der Waals surface area contributed by atoms with Crippen LogP contribution in [-0.2, 0) is 6.54 Å². The number of hydrogen-bond donors (Lipinski definition) is 1. The summed E-state index contributed by atoms with van der Waals surface area (Å²) < 4.78 is 2.00. The number of rotatable bonds is 6. The minimum atomic E-state index is 0.0107. The van der Waals surface area contributed by atoms with E-state index in [-0.39, 0.29) is 6.04 Å². The molecule has 4 nitrogen and oxygen atoms in total. The van der Waals surface area contributed by atoms with Crippen LogP contribution in [-0.4, -0.2) is 35.3 Å². The molecule has 0 saturated heterocycles. The second-order valence-electron chi connectivity index (χ2n) is 6.63. The van der Waals surface area contributed by atoms with E-state index in [1.54, 1.807) is 6.20 Å². The van der Waals surface area contributed by atoms with Crippen LogP contribution in [0, 0.1) is 11.8 Å². The van der Waals surface area contributed by atoms with Crippen molar-refractivity contribution >= 4 is 11.6 Å². The van der Waals surface area contributed by atoms with Gasteiger partial charge in [0.15, 0.2) is 0 Å². The normalized spacial score (nSPS) is 24.5. The third-order valence-electron chi connectivity index (χ3n) is 4.82. The van der Waals surface area contributed by atoms with Crippen molar-refractivity contribution in [3.63, 3.8) is 0 Å². The van der Waals surface area contributed by atoms with Gasteiger partial charge in [-0.2, -0.15) is 5.10 Å². The zero-order valence-corrected chi connectivity index (χ0v) is 14.3. The van der Waals surface area contributed by atoms with Crippen molar-refractivity contribution in [3.8, 4) is 0 Å². The lowest BCUT2D eigenvalue weighted by atomic mass is 9.76. The van der Waals surface area contributed by atoms with Crippen molar-refractivity contribution in [3.05, 3.63) is 16.9 Å². The second kappa shape index (κ2) is 7.61. The first kappa shape index (κ1) is 16.8. The Morgan fingerprint density at radius 2 is 2.24 bits per heavy atom. The highest BCUT2D eigenvalue weighted by Crippen LogP contribution is 2.38. The molecule has 1 aromatic heterocycles. The number of nitrogens with zero attached hydrogens (tertiary/aromatic N) is 3. The molecular formula is C16H29ClN4. The number of halogens is 1. The summed E-state index contributed by atoms with van der Waals surface area (Å²) in [6.07, 6.45) is 8.09. The minimum absolute atomic E-state index is 0.0107. The van der Waals surface area contributed by atoms with Crippen molar-refractivity contribution < 1.29 is 0 Å². The standard InChI is InChI=1S/C16H29ClN4/c1-4-12-6-5-7-13(10-12)15(18)16-14(17)11-19-21(16)9-8-20(2)3/h11-13,15H,4-10,18H2,1-3H3. The van der Waals surface area contributed by atoms with Gasteiger partial charge < -0.3 is 10.6 Å². The fourth-order valence-corrected chi connectivity index (χ4v) is 3.70. The van der Waals surface area contributed by atoms with Crippen molar-refractivity contribution in [1.82, 2.24) is 14.7 Å². The molecule has 3 unspecified atom stereocenters.